The van der Waals surface area contributed by atoms with Crippen LogP contribution >= 0.6 is 12.2 Å². The Morgan fingerprint density at radius 3 is 2.50 bits per heavy atom. The number of thiocarbonyl (C=S) groups is 1. The first-order chi connectivity index (χ1) is 17.4. The average Bonchev–Trinajstić information content (AvgIpc) is 3.37. The number of allylic oxidation sites excluding steroid dienone is 1. The van der Waals surface area contributed by atoms with Crippen LogP contribution in [0, 0.1) is 13.8 Å². The number of nitrogens with one attached hydrogen (secondary N) is 1. The van der Waals surface area contributed by atoms with Crippen LogP contribution in [0.1, 0.15) is 41.1 Å². The Bertz CT molecular complexity index is 1440. The summed E-state index contributed by atoms with van der Waals surface area (Å²) in [6.45, 7) is 6.87. The molecule has 1 aliphatic heterocycles. The zero-order valence-electron chi connectivity index (χ0n) is 20.8. The zero-order valence-corrected chi connectivity index (χ0v) is 21.6. The predicted octanol–water partition coefficient (Wildman–Crippen LogP) is 6.22. The van der Waals surface area contributed by atoms with E-state index in [4.69, 9.17) is 26.5 Å². The molecule has 0 saturated heterocycles. The summed E-state index contributed by atoms with van der Waals surface area (Å²) < 4.78 is 11.2. The lowest BCUT2D eigenvalue weighted by atomic mass is 9.94. The number of aryl methyl sites for hydroxylation is 2. The number of hydrogen-bond donors (Lipinski definition) is 1. The number of hydrogen-bond acceptors (Lipinski definition) is 5. The van der Waals surface area contributed by atoms with Gasteiger partial charge in [0.2, 0.25) is 5.82 Å². The number of benzene rings is 3. The van der Waals surface area contributed by atoms with E-state index in [-0.39, 0.29) is 6.04 Å². The van der Waals surface area contributed by atoms with Gasteiger partial charge in [-0.05, 0) is 67.9 Å². The first-order valence-corrected chi connectivity index (χ1v) is 12.2. The van der Waals surface area contributed by atoms with Gasteiger partial charge in [0.05, 0.1) is 25.3 Å². The molecule has 0 aliphatic carbocycles. The lowest BCUT2D eigenvalue weighted by molar-refractivity contribution is 0.395. The van der Waals surface area contributed by atoms with Gasteiger partial charge in [-0.2, -0.15) is 4.98 Å². The monoisotopic (exact) mass is 496 g/mol. The van der Waals surface area contributed by atoms with E-state index in [1.54, 1.807) is 7.11 Å². The molecule has 1 N–H and O–H groups in total. The molecule has 0 fully saturated rings. The van der Waals surface area contributed by atoms with Crippen molar-refractivity contribution in [3.8, 4) is 17.1 Å². The highest BCUT2D eigenvalue weighted by atomic mass is 32.1. The molecule has 1 aliphatic rings. The van der Waals surface area contributed by atoms with Gasteiger partial charge < -0.3 is 19.5 Å². The van der Waals surface area contributed by atoms with Gasteiger partial charge in [-0.15, -0.1) is 0 Å². The van der Waals surface area contributed by atoms with Gasteiger partial charge in [0.15, 0.2) is 5.11 Å². The van der Waals surface area contributed by atoms with Crippen LogP contribution in [0.2, 0.25) is 0 Å². The standard InChI is InChI=1S/C29H28N4O2S/c1-18-8-7-11-22(16-18)27-31-28(35-32-27)25-20(3)33(17-23-10-6-5-9-19(23)2)29(36)30-26(25)21-12-14-24(34-4)15-13-21/h5-16,26H,17H2,1-4H3,(H,30,36). The number of methoxy groups -OCH3 is 1. The normalized spacial score (nSPS) is 15.7. The van der Waals surface area contributed by atoms with Crippen LogP contribution in [-0.2, 0) is 6.54 Å². The highest BCUT2D eigenvalue weighted by Crippen LogP contribution is 2.38. The van der Waals surface area contributed by atoms with Crippen LogP contribution in [0.15, 0.2) is 83.0 Å². The summed E-state index contributed by atoms with van der Waals surface area (Å²) >= 11 is 5.86. The molecule has 0 bridgehead atoms. The Balaban J connectivity index is 1.60. The van der Waals surface area contributed by atoms with Crippen molar-refractivity contribution in [1.82, 2.24) is 20.4 Å². The van der Waals surface area contributed by atoms with Crippen LogP contribution in [0.3, 0.4) is 0 Å². The highest BCUT2D eigenvalue weighted by molar-refractivity contribution is 7.80. The predicted molar refractivity (Wildman–Crippen MR) is 145 cm³/mol. The Morgan fingerprint density at radius 1 is 1.00 bits per heavy atom. The summed E-state index contributed by atoms with van der Waals surface area (Å²) in [4.78, 5) is 6.92. The van der Waals surface area contributed by atoms with E-state index in [0.717, 1.165) is 33.7 Å². The Kier molecular flexibility index (Phi) is 6.57. The van der Waals surface area contributed by atoms with Gasteiger partial charge in [-0.3, -0.25) is 0 Å². The molecule has 1 atom stereocenters. The van der Waals surface area contributed by atoms with Gasteiger partial charge >= 0.3 is 0 Å². The maximum Gasteiger partial charge on any atom is 0.258 e. The molecular formula is C29H28N4O2S. The zero-order chi connectivity index (χ0) is 25.2. The van der Waals surface area contributed by atoms with Crippen molar-refractivity contribution in [3.05, 3.63) is 107 Å². The summed E-state index contributed by atoms with van der Waals surface area (Å²) in [6, 6.07) is 24.1. The minimum absolute atomic E-state index is 0.248. The maximum absolute atomic E-state index is 5.87. The second-order valence-corrected chi connectivity index (χ2v) is 9.35. The summed E-state index contributed by atoms with van der Waals surface area (Å²) in [7, 11) is 1.66. The summed E-state index contributed by atoms with van der Waals surface area (Å²) in [5.41, 5.74) is 7.37. The van der Waals surface area contributed by atoms with Crippen molar-refractivity contribution in [2.75, 3.05) is 7.11 Å². The quantitative estimate of drug-likeness (QED) is 0.318. The molecule has 36 heavy (non-hydrogen) atoms. The van der Waals surface area contributed by atoms with Crippen molar-refractivity contribution < 1.29 is 9.26 Å². The van der Waals surface area contributed by atoms with Crippen molar-refractivity contribution in [1.29, 1.82) is 0 Å². The van der Waals surface area contributed by atoms with Crippen LogP contribution in [0.4, 0.5) is 0 Å². The second kappa shape index (κ2) is 9.95. The number of nitrogens with zero attached hydrogens (tertiary/aromatic N) is 3. The number of ether oxygens (including phenoxy) is 1. The van der Waals surface area contributed by atoms with Crippen molar-refractivity contribution in [2.24, 2.45) is 0 Å². The van der Waals surface area contributed by atoms with Gasteiger partial charge in [0.25, 0.3) is 5.89 Å². The largest absolute Gasteiger partial charge is 0.497 e. The fourth-order valence-corrected chi connectivity index (χ4v) is 4.81. The number of rotatable bonds is 6. The molecule has 7 heteroatoms. The molecule has 1 aromatic heterocycles. The maximum atomic E-state index is 5.87. The SMILES string of the molecule is COc1ccc(C2NC(=S)N(Cc3ccccc3C)C(C)=C2c2nc(-c3cccc(C)c3)no2)cc1. The Morgan fingerprint density at radius 2 is 1.78 bits per heavy atom. The van der Waals surface area contributed by atoms with E-state index in [9.17, 15) is 0 Å². The van der Waals surface area contributed by atoms with Crippen molar-refractivity contribution in [3.63, 3.8) is 0 Å². The molecule has 5 rings (SSSR count). The van der Waals surface area contributed by atoms with Gasteiger partial charge in [0.1, 0.15) is 5.75 Å². The molecule has 2 heterocycles. The first-order valence-electron chi connectivity index (χ1n) is 11.8. The number of aromatic nitrogens is 2. The van der Waals surface area contributed by atoms with Crippen LogP contribution in [-0.4, -0.2) is 27.3 Å². The van der Waals surface area contributed by atoms with E-state index in [1.165, 1.54) is 11.1 Å². The summed E-state index contributed by atoms with van der Waals surface area (Å²) in [5.74, 6) is 1.82. The molecule has 1 unspecified atom stereocenters. The fourth-order valence-electron chi connectivity index (χ4n) is 4.49. The lowest BCUT2D eigenvalue weighted by Gasteiger charge is -2.37. The second-order valence-electron chi connectivity index (χ2n) is 8.96. The first kappa shape index (κ1) is 23.8. The molecular weight excluding hydrogens is 468 g/mol. The summed E-state index contributed by atoms with van der Waals surface area (Å²) in [5, 5.41) is 8.50. The van der Waals surface area contributed by atoms with E-state index in [1.807, 2.05) is 55.5 Å². The minimum Gasteiger partial charge on any atom is -0.497 e. The van der Waals surface area contributed by atoms with Gasteiger partial charge in [0, 0.05) is 11.3 Å². The average molecular weight is 497 g/mol. The lowest BCUT2D eigenvalue weighted by Crippen LogP contribution is -2.45. The third-order valence-corrected chi connectivity index (χ3v) is 6.91. The molecule has 4 aromatic rings. The van der Waals surface area contributed by atoms with Crippen LogP contribution in [0.5, 0.6) is 5.75 Å². The highest BCUT2D eigenvalue weighted by Gasteiger charge is 2.34. The van der Waals surface area contributed by atoms with E-state index >= 15 is 0 Å². The topological polar surface area (TPSA) is 63.4 Å². The van der Waals surface area contributed by atoms with Gasteiger partial charge in [-0.25, -0.2) is 0 Å². The molecule has 0 amide bonds. The van der Waals surface area contributed by atoms with Crippen molar-refractivity contribution in [2.45, 2.75) is 33.4 Å². The van der Waals surface area contributed by atoms with E-state index in [0.29, 0.717) is 23.4 Å². The van der Waals surface area contributed by atoms with Crippen LogP contribution < -0.4 is 10.1 Å². The summed E-state index contributed by atoms with van der Waals surface area (Å²) in [6.07, 6.45) is 0. The molecule has 6 nitrogen and oxygen atoms in total. The van der Waals surface area contributed by atoms with E-state index in [2.05, 4.69) is 53.5 Å². The third-order valence-electron chi connectivity index (χ3n) is 6.57. The minimum atomic E-state index is -0.248. The molecule has 0 spiro atoms. The molecule has 3 aromatic carbocycles. The van der Waals surface area contributed by atoms with Gasteiger partial charge in [-0.1, -0.05) is 65.3 Å². The smallest absolute Gasteiger partial charge is 0.258 e. The molecule has 0 saturated carbocycles. The fraction of sp³-hybridized carbons (Fsp3) is 0.207. The Labute approximate surface area is 216 Å². The Hall–Kier alpha value is -3.97. The van der Waals surface area contributed by atoms with Crippen molar-refractivity contribution >= 4 is 22.9 Å². The van der Waals surface area contributed by atoms with E-state index < -0.39 is 0 Å². The molecule has 0 radical (unpaired) electrons. The third kappa shape index (κ3) is 4.62. The molecule has 182 valence electrons. The van der Waals surface area contributed by atoms with Crippen LogP contribution in [0.25, 0.3) is 17.0 Å².